The summed E-state index contributed by atoms with van der Waals surface area (Å²) in [4.78, 5) is 2.37. The lowest BCUT2D eigenvalue weighted by Crippen LogP contribution is -2.52. The average Bonchev–Trinajstić information content (AvgIpc) is 3.34. The Labute approximate surface area is 146 Å². The van der Waals surface area contributed by atoms with E-state index in [0.717, 1.165) is 48.9 Å². The van der Waals surface area contributed by atoms with Crippen LogP contribution in [0.3, 0.4) is 0 Å². The van der Waals surface area contributed by atoms with E-state index in [-0.39, 0.29) is 0 Å². The molecule has 1 N–H and O–H groups in total. The van der Waals surface area contributed by atoms with Crippen LogP contribution in [-0.2, 0) is 0 Å². The van der Waals surface area contributed by atoms with Crippen molar-refractivity contribution in [3.63, 3.8) is 0 Å². The molecule has 2 aromatic heterocycles. The number of nitrogens with one attached hydrogen (secondary N) is 1. The lowest BCUT2D eigenvalue weighted by Gasteiger charge is -2.41. The molecule has 3 fully saturated rings. The molecule has 0 atom stereocenters. The van der Waals surface area contributed by atoms with Gasteiger partial charge in [0, 0.05) is 37.5 Å². The Bertz CT molecular complexity index is 715. The molecule has 0 amide bonds. The summed E-state index contributed by atoms with van der Waals surface area (Å²) in [6, 6.07) is 4.88. The SMILES string of the molecule is c1cc2nnc(C3CC3)n2nc1N1CC(CNC2CCSCC2)C1. The van der Waals surface area contributed by atoms with Crippen LogP contribution in [0.4, 0.5) is 5.82 Å². The van der Waals surface area contributed by atoms with Gasteiger partial charge in [-0.1, -0.05) is 0 Å². The Morgan fingerprint density at radius 1 is 1.08 bits per heavy atom. The van der Waals surface area contributed by atoms with Gasteiger partial charge in [0.2, 0.25) is 0 Å². The van der Waals surface area contributed by atoms with Gasteiger partial charge < -0.3 is 10.2 Å². The first-order valence-electron chi connectivity index (χ1n) is 9.15. The minimum Gasteiger partial charge on any atom is -0.354 e. The fourth-order valence-corrected chi connectivity index (χ4v) is 4.79. The van der Waals surface area contributed by atoms with Crippen LogP contribution < -0.4 is 10.2 Å². The largest absolute Gasteiger partial charge is 0.354 e. The molecule has 2 saturated heterocycles. The smallest absolute Gasteiger partial charge is 0.178 e. The summed E-state index contributed by atoms with van der Waals surface area (Å²) in [6.07, 6.45) is 5.11. The van der Waals surface area contributed by atoms with Gasteiger partial charge in [0.25, 0.3) is 0 Å². The Morgan fingerprint density at radius 3 is 2.71 bits per heavy atom. The highest BCUT2D eigenvalue weighted by Gasteiger charge is 2.31. The molecule has 1 aliphatic carbocycles. The number of nitrogens with zero attached hydrogens (tertiary/aromatic N) is 5. The molecule has 6 nitrogen and oxygen atoms in total. The van der Waals surface area contributed by atoms with Crippen LogP contribution in [0.5, 0.6) is 0 Å². The zero-order valence-corrected chi connectivity index (χ0v) is 14.7. The molecule has 0 aromatic carbocycles. The molecule has 3 aliphatic rings. The second-order valence-corrected chi connectivity index (χ2v) is 8.58. The van der Waals surface area contributed by atoms with Crippen molar-refractivity contribution in [2.45, 2.75) is 37.6 Å². The highest BCUT2D eigenvalue weighted by molar-refractivity contribution is 7.99. The Balaban J connectivity index is 1.19. The normalized spacial score (nSPS) is 22.9. The van der Waals surface area contributed by atoms with Crippen LogP contribution >= 0.6 is 11.8 Å². The van der Waals surface area contributed by atoms with Crippen molar-refractivity contribution in [1.82, 2.24) is 25.1 Å². The molecule has 24 heavy (non-hydrogen) atoms. The summed E-state index contributed by atoms with van der Waals surface area (Å²) in [5, 5.41) is 17.1. The highest BCUT2D eigenvalue weighted by Crippen LogP contribution is 2.38. The van der Waals surface area contributed by atoms with Crippen LogP contribution in [0.1, 0.15) is 37.4 Å². The molecule has 0 radical (unpaired) electrons. The number of hydrogen-bond donors (Lipinski definition) is 1. The van der Waals surface area contributed by atoms with Crippen molar-refractivity contribution in [3.05, 3.63) is 18.0 Å². The first-order valence-corrected chi connectivity index (χ1v) is 10.3. The third-order valence-corrected chi connectivity index (χ3v) is 6.46. The number of fused-ring (bicyclic) bond motifs is 1. The molecule has 1 saturated carbocycles. The fraction of sp³-hybridized carbons (Fsp3) is 0.706. The number of hydrogen-bond acceptors (Lipinski definition) is 6. The summed E-state index contributed by atoms with van der Waals surface area (Å²) in [5.41, 5.74) is 0.870. The van der Waals surface area contributed by atoms with E-state index in [1.165, 1.54) is 37.2 Å². The second-order valence-electron chi connectivity index (χ2n) is 7.36. The summed E-state index contributed by atoms with van der Waals surface area (Å²) >= 11 is 2.09. The molecular formula is C17H24N6S. The summed E-state index contributed by atoms with van der Waals surface area (Å²) in [5.74, 6) is 6.07. The number of rotatable bonds is 5. The molecule has 7 heteroatoms. The molecule has 4 heterocycles. The van der Waals surface area contributed by atoms with Crippen molar-refractivity contribution >= 4 is 23.2 Å². The predicted octanol–water partition coefficient (Wildman–Crippen LogP) is 1.92. The minimum absolute atomic E-state index is 0.574. The van der Waals surface area contributed by atoms with E-state index in [4.69, 9.17) is 5.10 Å². The van der Waals surface area contributed by atoms with Gasteiger partial charge in [-0.15, -0.1) is 15.3 Å². The van der Waals surface area contributed by atoms with Crippen molar-refractivity contribution in [2.75, 3.05) is 36.0 Å². The van der Waals surface area contributed by atoms with Crippen LogP contribution in [0.25, 0.3) is 5.65 Å². The molecule has 0 unspecified atom stereocenters. The third-order valence-electron chi connectivity index (χ3n) is 5.41. The summed E-state index contributed by atoms with van der Waals surface area (Å²) < 4.78 is 1.96. The van der Waals surface area contributed by atoms with Gasteiger partial charge in [-0.2, -0.15) is 16.3 Å². The monoisotopic (exact) mass is 344 g/mol. The first kappa shape index (κ1) is 15.0. The highest BCUT2D eigenvalue weighted by atomic mass is 32.2. The van der Waals surface area contributed by atoms with Crippen LogP contribution in [-0.4, -0.2) is 57.0 Å². The van der Waals surface area contributed by atoms with Gasteiger partial charge >= 0.3 is 0 Å². The van der Waals surface area contributed by atoms with E-state index in [2.05, 4.69) is 38.2 Å². The van der Waals surface area contributed by atoms with Crippen LogP contribution in [0.15, 0.2) is 12.1 Å². The molecule has 0 bridgehead atoms. The van der Waals surface area contributed by atoms with Crippen molar-refractivity contribution in [3.8, 4) is 0 Å². The Kier molecular flexibility index (Phi) is 3.86. The van der Waals surface area contributed by atoms with Crippen molar-refractivity contribution < 1.29 is 0 Å². The average molecular weight is 344 g/mol. The van der Waals surface area contributed by atoms with Gasteiger partial charge in [-0.05, 0) is 49.3 Å². The summed E-state index contributed by atoms with van der Waals surface area (Å²) in [6.45, 7) is 3.36. The quantitative estimate of drug-likeness (QED) is 0.894. The topological polar surface area (TPSA) is 58.4 Å². The molecule has 0 spiro atoms. The third kappa shape index (κ3) is 2.88. The van der Waals surface area contributed by atoms with Gasteiger partial charge in [0.15, 0.2) is 11.5 Å². The Hall–Kier alpha value is -1.34. The van der Waals surface area contributed by atoms with E-state index in [1.807, 2.05) is 10.6 Å². The number of anilines is 1. The maximum atomic E-state index is 4.80. The zero-order chi connectivity index (χ0) is 15.9. The van der Waals surface area contributed by atoms with E-state index in [0.29, 0.717) is 5.92 Å². The van der Waals surface area contributed by atoms with Gasteiger partial charge in [-0.3, -0.25) is 0 Å². The zero-order valence-electron chi connectivity index (χ0n) is 13.9. The standard InChI is InChI=1S/C17H24N6S/c1-2-13(1)17-20-19-15-3-4-16(21-23(15)17)22-10-12(11-22)9-18-14-5-7-24-8-6-14/h3-4,12-14,18H,1-2,5-11H2. The second kappa shape index (κ2) is 6.19. The fourth-order valence-electron chi connectivity index (χ4n) is 3.68. The lowest BCUT2D eigenvalue weighted by molar-refractivity contribution is 0.351. The van der Waals surface area contributed by atoms with Crippen molar-refractivity contribution in [2.24, 2.45) is 5.92 Å². The van der Waals surface area contributed by atoms with E-state index < -0.39 is 0 Å². The predicted molar refractivity (Wildman–Crippen MR) is 96.8 cm³/mol. The van der Waals surface area contributed by atoms with Gasteiger partial charge in [-0.25, -0.2) is 0 Å². The minimum atomic E-state index is 0.574. The van der Waals surface area contributed by atoms with Crippen LogP contribution in [0, 0.1) is 5.92 Å². The van der Waals surface area contributed by atoms with Crippen LogP contribution in [0.2, 0.25) is 0 Å². The maximum absolute atomic E-state index is 4.80. The first-order chi connectivity index (χ1) is 11.9. The van der Waals surface area contributed by atoms with Gasteiger partial charge in [0.05, 0.1) is 0 Å². The summed E-state index contributed by atoms with van der Waals surface area (Å²) in [7, 11) is 0. The maximum Gasteiger partial charge on any atom is 0.178 e. The van der Waals surface area contributed by atoms with E-state index in [9.17, 15) is 0 Å². The number of aromatic nitrogens is 4. The lowest BCUT2D eigenvalue weighted by atomic mass is 9.99. The van der Waals surface area contributed by atoms with E-state index >= 15 is 0 Å². The number of thioether (sulfide) groups is 1. The molecule has 2 aliphatic heterocycles. The molecule has 128 valence electrons. The van der Waals surface area contributed by atoms with Gasteiger partial charge in [0.1, 0.15) is 5.82 Å². The molecular weight excluding hydrogens is 320 g/mol. The molecule has 5 rings (SSSR count). The van der Waals surface area contributed by atoms with E-state index in [1.54, 1.807) is 0 Å². The Morgan fingerprint density at radius 2 is 1.92 bits per heavy atom. The van der Waals surface area contributed by atoms with Crippen molar-refractivity contribution in [1.29, 1.82) is 0 Å². The molecule has 2 aromatic rings.